The molecule has 164 valence electrons. The number of halogens is 3. The minimum absolute atomic E-state index is 0.0427. The Bertz CT molecular complexity index is 913. The van der Waals surface area contributed by atoms with Crippen molar-refractivity contribution in [1.29, 1.82) is 0 Å². The van der Waals surface area contributed by atoms with Crippen LogP contribution in [0.1, 0.15) is 62.8 Å². The number of anilines is 1. The van der Waals surface area contributed by atoms with Crippen molar-refractivity contribution in [3.63, 3.8) is 0 Å². The van der Waals surface area contributed by atoms with Gasteiger partial charge in [0.25, 0.3) is 11.8 Å². The SMILES string of the molecule is Cc1cc(N)c2nc1OC(CC1CC1)CCCCC[C@](O)(C(F)(F)F)c1nnc-2o1. The Morgan fingerprint density at radius 3 is 2.67 bits per heavy atom. The molecule has 1 unspecified atom stereocenters. The van der Waals surface area contributed by atoms with Crippen LogP contribution in [0.2, 0.25) is 0 Å². The predicted octanol–water partition coefficient (Wildman–Crippen LogP) is 4.28. The summed E-state index contributed by atoms with van der Waals surface area (Å²) >= 11 is 0. The molecule has 0 radical (unpaired) electrons. The average Bonchev–Trinajstić information content (AvgIpc) is 3.34. The third-order valence-corrected chi connectivity index (χ3v) is 5.78. The van der Waals surface area contributed by atoms with E-state index in [-0.39, 0.29) is 29.8 Å². The van der Waals surface area contributed by atoms with Gasteiger partial charge >= 0.3 is 6.18 Å². The molecule has 7 nitrogen and oxygen atoms in total. The summed E-state index contributed by atoms with van der Waals surface area (Å²) in [6.45, 7) is 1.81. The lowest BCUT2D eigenvalue weighted by atomic mass is 9.94. The number of nitrogen functional groups attached to an aromatic ring is 1. The van der Waals surface area contributed by atoms with E-state index in [0.29, 0.717) is 31.1 Å². The van der Waals surface area contributed by atoms with Crippen molar-refractivity contribution in [2.45, 2.75) is 76.2 Å². The Morgan fingerprint density at radius 2 is 1.97 bits per heavy atom. The smallest absolute Gasteiger partial charge is 0.426 e. The molecule has 0 saturated heterocycles. The second-order valence-electron chi connectivity index (χ2n) is 8.34. The normalized spacial score (nSPS) is 25.4. The van der Waals surface area contributed by atoms with Gasteiger partial charge < -0.3 is 20.0 Å². The van der Waals surface area contributed by atoms with Crippen molar-refractivity contribution in [2.75, 3.05) is 5.73 Å². The van der Waals surface area contributed by atoms with Gasteiger partial charge in [0.1, 0.15) is 6.10 Å². The highest BCUT2D eigenvalue weighted by Gasteiger charge is 2.58. The summed E-state index contributed by atoms with van der Waals surface area (Å²) in [7, 11) is 0. The first-order chi connectivity index (χ1) is 14.2. The third-order valence-electron chi connectivity index (χ3n) is 5.78. The summed E-state index contributed by atoms with van der Waals surface area (Å²) < 4.78 is 52.5. The zero-order valence-corrected chi connectivity index (χ0v) is 16.7. The monoisotopic (exact) mass is 426 g/mol. The van der Waals surface area contributed by atoms with Crippen LogP contribution in [0.5, 0.6) is 5.88 Å². The molecule has 3 heterocycles. The molecule has 2 aromatic rings. The molecule has 3 N–H and O–H groups in total. The molecule has 1 aliphatic carbocycles. The van der Waals surface area contributed by atoms with E-state index in [9.17, 15) is 18.3 Å². The zero-order chi connectivity index (χ0) is 21.5. The molecule has 4 rings (SSSR count). The van der Waals surface area contributed by atoms with Gasteiger partial charge in [0.2, 0.25) is 11.5 Å². The first-order valence-corrected chi connectivity index (χ1v) is 10.2. The van der Waals surface area contributed by atoms with E-state index >= 15 is 0 Å². The molecule has 30 heavy (non-hydrogen) atoms. The highest BCUT2D eigenvalue weighted by Crippen LogP contribution is 2.43. The standard InChI is InChI=1S/C20H25F3N4O3/c1-11-9-14(24)15-17-26-27-18(30-17)19(28,20(21,22)23)8-4-2-3-5-13(10-12-6-7-12)29-16(11)25-15/h9,12-13,28H,2-8,10,24H2,1H3/t13?,19-/m1/s1. The fourth-order valence-corrected chi connectivity index (χ4v) is 3.80. The van der Waals surface area contributed by atoms with Gasteiger partial charge in [-0.15, -0.1) is 10.2 Å². The molecule has 1 fully saturated rings. The van der Waals surface area contributed by atoms with E-state index in [0.717, 1.165) is 12.0 Å². The minimum atomic E-state index is -4.96. The van der Waals surface area contributed by atoms with Crippen molar-refractivity contribution >= 4 is 5.69 Å². The van der Waals surface area contributed by atoms with Gasteiger partial charge in [0, 0.05) is 5.56 Å². The summed E-state index contributed by atoms with van der Waals surface area (Å²) in [5, 5.41) is 17.6. The van der Waals surface area contributed by atoms with Crippen LogP contribution in [0, 0.1) is 12.8 Å². The maximum atomic E-state index is 13.7. The molecule has 1 aliphatic heterocycles. The van der Waals surface area contributed by atoms with E-state index in [1.165, 1.54) is 12.8 Å². The fraction of sp³-hybridized carbons (Fsp3) is 0.650. The van der Waals surface area contributed by atoms with Gasteiger partial charge in [-0.1, -0.05) is 19.3 Å². The quantitative estimate of drug-likeness (QED) is 0.738. The van der Waals surface area contributed by atoms with Crippen LogP contribution >= 0.6 is 0 Å². The maximum Gasteiger partial charge on any atom is 0.426 e. The van der Waals surface area contributed by atoms with Gasteiger partial charge in [-0.05, 0) is 51.0 Å². The summed E-state index contributed by atoms with van der Waals surface area (Å²) in [6.07, 6.45) is -0.303. The van der Waals surface area contributed by atoms with E-state index in [2.05, 4.69) is 15.2 Å². The fourth-order valence-electron chi connectivity index (χ4n) is 3.80. The van der Waals surface area contributed by atoms with Crippen molar-refractivity contribution in [3.8, 4) is 17.5 Å². The van der Waals surface area contributed by atoms with Crippen LogP contribution in [0.15, 0.2) is 10.5 Å². The first-order valence-electron chi connectivity index (χ1n) is 10.2. The summed E-state index contributed by atoms with van der Waals surface area (Å²) in [5.74, 6) is -0.215. The number of nitrogens with zero attached hydrogens (tertiary/aromatic N) is 3. The third kappa shape index (κ3) is 4.10. The van der Waals surface area contributed by atoms with Crippen LogP contribution in [0.3, 0.4) is 0 Å². The largest absolute Gasteiger partial charge is 0.474 e. The number of hydrogen-bond donors (Lipinski definition) is 2. The van der Waals surface area contributed by atoms with E-state index in [1.807, 2.05) is 0 Å². The van der Waals surface area contributed by atoms with E-state index in [4.69, 9.17) is 14.9 Å². The molecule has 2 aromatic heterocycles. The second kappa shape index (κ2) is 7.72. The van der Waals surface area contributed by atoms with Gasteiger partial charge in [-0.25, -0.2) is 4.98 Å². The Balaban J connectivity index is 1.75. The highest BCUT2D eigenvalue weighted by molar-refractivity contribution is 5.67. The van der Waals surface area contributed by atoms with Crippen molar-refractivity contribution in [3.05, 3.63) is 17.5 Å². The number of pyridine rings is 1. The lowest BCUT2D eigenvalue weighted by Crippen LogP contribution is -2.42. The summed E-state index contributed by atoms with van der Waals surface area (Å²) in [6, 6.07) is 1.62. The molecule has 0 spiro atoms. The zero-order valence-electron chi connectivity index (χ0n) is 16.7. The predicted molar refractivity (Wildman–Crippen MR) is 101 cm³/mol. The molecule has 10 heteroatoms. The lowest BCUT2D eigenvalue weighted by Gasteiger charge is -2.27. The van der Waals surface area contributed by atoms with Crippen molar-refractivity contribution in [2.24, 2.45) is 5.92 Å². The summed E-state index contributed by atoms with van der Waals surface area (Å²) in [4.78, 5) is 4.39. The van der Waals surface area contributed by atoms with E-state index < -0.39 is 24.1 Å². The van der Waals surface area contributed by atoms with Gasteiger partial charge in [-0.3, -0.25) is 0 Å². The molecule has 2 aliphatic rings. The van der Waals surface area contributed by atoms with Crippen molar-refractivity contribution < 1.29 is 27.4 Å². The summed E-state index contributed by atoms with van der Waals surface area (Å²) in [5.41, 5.74) is 3.74. The number of rotatable bonds is 2. The Morgan fingerprint density at radius 1 is 1.20 bits per heavy atom. The number of aliphatic hydroxyl groups is 1. The number of aryl methyl sites for hydroxylation is 1. The van der Waals surface area contributed by atoms with Crippen LogP contribution < -0.4 is 10.5 Å². The molecule has 0 aromatic carbocycles. The van der Waals surface area contributed by atoms with Crippen molar-refractivity contribution in [1.82, 2.24) is 15.2 Å². The topological polar surface area (TPSA) is 107 Å². The average molecular weight is 426 g/mol. The second-order valence-corrected chi connectivity index (χ2v) is 8.34. The molecule has 1 saturated carbocycles. The molecular weight excluding hydrogens is 401 g/mol. The van der Waals surface area contributed by atoms with Gasteiger partial charge in [0.15, 0.2) is 5.69 Å². The Kier molecular flexibility index (Phi) is 5.37. The molecular formula is C20H25F3N4O3. The number of aromatic nitrogens is 3. The minimum Gasteiger partial charge on any atom is -0.474 e. The number of ether oxygens (including phenoxy) is 1. The first kappa shape index (κ1) is 20.9. The number of alkyl halides is 3. The number of fused-ring (bicyclic) bond motifs is 5. The lowest BCUT2D eigenvalue weighted by molar-refractivity contribution is -0.277. The van der Waals surface area contributed by atoms with Crippen LogP contribution in [-0.4, -0.2) is 32.6 Å². The van der Waals surface area contributed by atoms with Gasteiger partial charge in [-0.2, -0.15) is 13.2 Å². The van der Waals surface area contributed by atoms with Crippen LogP contribution in [0.4, 0.5) is 18.9 Å². The van der Waals surface area contributed by atoms with Crippen LogP contribution in [-0.2, 0) is 5.60 Å². The molecule has 2 atom stereocenters. The van der Waals surface area contributed by atoms with Gasteiger partial charge in [0.05, 0.1) is 5.69 Å². The Hall–Kier alpha value is -2.36. The van der Waals surface area contributed by atoms with E-state index in [1.54, 1.807) is 13.0 Å². The highest BCUT2D eigenvalue weighted by atomic mass is 19.4. The number of nitrogens with two attached hydrogens (primary N) is 1. The molecule has 4 bridgehead atoms. The number of hydrogen-bond acceptors (Lipinski definition) is 7. The van der Waals surface area contributed by atoms with Crippen LogP contribution in [0.25, 0.3) is 11.6 Å². The Labute approximate surface area is 171 Å². The maximum absolute atomic E-state index is 13.7. The molecule has 0 amide bonds.